The number of ketones is 2. The van der Waals surface area contributed by atoms with Gasteiger partial charge in [-0.15, -0.1) is 5.10 Å². The predicted octanol–water partition coefficient (Wildman–Crippen LogP) is 1.38. The molecule has 0 aliphatic carbocycles. The lowest BCUT2D eigenvalue weighted by molar-refractivity contribution is -0.114. The monoisotopic (exact) mass is 296 g/mol. The summed E-state index contributed by atoms with van der Waals surface area (Å²) in [7, 11) is 0. The number of pyridine rings is 1. The zero-order chi connectivity index (χ0) is 15.4. The summed E-state index contributed by atoms with van der Waals surface area (Å²) in [4.78, 5) is 31.2. The molecule has 0 bridgehead atoms. The quantitative estimate of drug-likeness (QED) is 0.544. The molecule has 22 heavy (non-hydrogen) atoms. The smallest absolute Gasteiger partial charge is 0.268 e. The van der Waals surface area contributed by atoms with Crippen LogP contribution >= 0.6 is 0 Å². The van der Waals surface area contributed by atoms with Crippen LogP contribution in [0.4, 0.5) is 0 Å². The maximum Gasteiger partial charge on any atom is 0.268 e. The van der Waals surface area contributed by atoms with Crippen molar-refractivity contribution in [2.45, 2.75) is 12.8 Å². The average molecular weight is 296 g/mol. The Labute approximate surface area is 125 Å². The van der Waals surface area contributed by atoms with E-state index in [1.807, 2.05) is 12.1 Å². The second-order valence-corrected chi connectivity index (χ2v) is 4.65. The summed E-state index contributed by atoms with van der Waals surface area (Å²) in [6, 6.07) is 7.26. The van der Waals surface area contributed by atoms with E-state index in [0.29, 0.717) is 12.2 Å². The molecule has 0 radical (unpaired) electrons. The van der Waals surface area contributed by atoms with Gasteiger partial charge in [-0.1, -0.05) is 0 Å². The summed E-state index contributed by atoms with van der Waals surface area (Å²) in [6.45, 7) is 0. The van der Waals surface area contributed by atoms with Gasteiger partial charge in [-0.25, -0.2) is 4.98 Å². The van der Waals surface area contributed by atoms with Crippen molar-refractivity contribution >= 4 is 11.6 Å². The molecule has 0 aromatic carbocycles. The van der Waals surface area contributed by atoms with Crippen LogP contribution in [0.5, 0.6) is 0 Å². The number of carbonyl (C=O) groups excluding carboxylic acids is 2. The first-order chi connectivity index (χ1) is 10.7. The zero-order valence-corrected chi connectivity index (χ0v) is 11.5. The topological polar surface area (TPSA) is 102 Å². The minimum atomic E-state index is -0.728. The van der Waals surface area contributed by atoms with E-state index in [1.165, 1.54) is 6.33 Å². The molecule has 0 aliphatic rings. The van der Waals surface area contributed by atoms with Crippen LogP contribution in [0, 0.1) is 0 Å². The third kappa shape index (κ3) is 3.14. The van der Waals surface area contributed by atoms with E-state index in [-0.39, 0.29) is 12.2 Å². The lowest BCUT2D eigenvalue weighted by Gasteiger charge is -1.98. The molecule has 7 heteroatoms. The molecule has 3 rings (SSSR count). The van der Waals surface area contributed by atoms with Crippen LogP contribution < -0.4 is 0 Å². The Kier molecular flexibility index (Phi) is 3.86. The van der Waals surface area contributed by atoms with Crippen LogP contribution in [0.2, 0.25) is 0 Å². The Morgan fingerprint density at radius 2 is 1.86 bits per heavy atom. The molecule has 0 unspecified atom stereocenters. The first kappa shape index (κ1) is 13.9. The number of nitrogens with one attached hydrogen (secondary N) is 1. The van der Waals surface area contributed by atoms with Gasteiger partial charge in [0.1, 0.15) is 17.8 Å². The van der Waals surface area contributed by atoms with Gasteiger partial charge in [-0.3, -0.25) is 19.7 Å². The van der Waals surface area contributed by atoms with E-state index >= 15 is 0 Å². The number of aromatic nitrogens is 4. The van der Waals surface area contributed by atoms with Crippen molar-refractivity contribution in [1.82, 2.24) is 20.2 Å². The Balaban J connectivity index is 1.64. The number of H-pyrrole nitrogens is 1. The lowest BCUT2D eigenvalue weighted by atomic mass is 10.1. The number of rotatable bonds is 6. The number of hydrogen-bond acceptors (Lipinski definition) is 6. The highest BCUT2D eigenvalue weighted by Crippen LogP contribution is 2.14. The summed E-state index contributed by atoms with van der Waals surface area (Å²) < 4.78 is 5.58. The van der Waals surface area contributed by atoms with Crippen molar-refractivity contribution in [3.8, 4) is 0 Å². The highest BCUT2D eigenvalue weighted by atomic mass is 16.3. The van der Waals surface area contributed by atoms with E-state index in [4.69, 9.17) is 4.42 Å². The molecule has 3 aromatic heterocycles. The van der Waals surface area contributed by atoms with Crippen LogP contribution in [-0.2, 0) is 17.6 Å². The van der Waals surface area contributed by atoms with Gasteiger partial charge in [-0.2, -0.15) is 0 Å². The van der Waals surface area contributed by atoms with Gasteiger partial charge in [0.15, 0.2) is 0 Å². The molecule has 0 aliphatic heterocycles. The van der Waals surface area contributed by atoms with Gasteiger partial charge >= 0.3 is 0 Å². The normalized spacial score (nSPS) is 10.5. The molecular formula is C15H12N4O3. The fourth-order valence-electron chi connectivity index (χ4n) is 2.00. The fourth-order valence-corrected chi connectivity index (χ4v) is 2.00. The molecule has 3 heterocycles. The van der Waals surface area contributed by atoms with Crippen molar-refractivity contribution in [1.29, 1.82) is 0 Å². The number of carbonyl (C=O) groups is 2. The van der Waals surface area contributed by atoms with Gasteiger partial charge in [0.25, 0.3) is 5.78 Å². The van der Waals surface area contributed by atoms with Gasteiger partial charge in [0, 0.05) is 18.8 Å². The fraction of sp³-hybridized carbons (Fsp3) is 0.133. The van der Waals surface area contributed by atoms with Crippen molar-refractivity contribution in [2.24, 2.45) is 0 Å². The first-order valence-electron chi connectivity index (χ1n) is 6.62. The van der Waals surface area contributed by atoms with Crippen molar-refractivity contribution < 1.29 is 14.0 Å². The third-order valence-corrected chi connectivity index (χ3v) is 3.05. The number of Topliss-reactive ketones (excluding diaryl/α,β-unsaturated/α-hetero) is 2. The second kappa shape index (κ2) is 6.13. The summed E-state index contributed by atoms with van der Waals surface area (Å²) in [6.07, 6.45) is 5.16. The molecule has 0 saturated carbocycles. The molecule has 0 atom stereocenters. The van der Waals surface area contributed by atoms with Crippen molar-refractivity contribution in [3.05, 3.63) is 65.9 Å². The number of nitrogens with zero attached hydrogens (tertiary/aromatic N) is 3. The van der Waals surface area contributed by atoms with E-state index in [1.54, 1.807) is 24.5 Å². The molecule has 0 spiro atoms. The van der Waals surface area contributed by atoms with E-state index in [2.05, 4.69) is 20.2 Å². The second-order valence-electron chi connectivity index (χ2n) is 4.65. The Bertz CT molecular complexity index is 778. The summed E-state index contributed by atoms with van der Waals surface area (Å²) in [5, 5.41) is 5.99. The molecule has 110 valence electrons. The molecule has 1 N–H and O–H groups in total. The lowest BCUT2D eigenvalue weighted by Crippen LogP contribution is -2.17. The van der Waals surface area contributed by atoms with Crippen LogP contribution in [0.25, 0.3) is 0 Å². The van der Waals surface area contributed by atoms with Crippen LogP contribution in [-0.4, -0.2) is 31.7 Å². The SMILES string of the molecule is O=C(Cc1ccc(Cc2ccncc2)o1)C(=O)c1nc[nH]n1. The molecule has 0 saturated heterocycles. The van der Waals surface area contributed by atoms with Gasteiger partial charge in [0.2, 0.25) is 11.6 Å². The average Bonchev–Trinajstić information content (AvgIpc) is 3.19. The summed E-state index contributed by atoms with van der Waals surface area (Å²) >= 11 is 0. The van der Waals surface area contributed by atoms with Gasteiger partial charge in [-0.05, 0) is 29.8 Å². The van der Waals surface area contributed by atoms with E-state index in [0.717, 1.165) is 11.3 Å². The highest BCUT2D eigenvalue weighted by molar-refractivity contribution is 6.42. The molecule has 0 amide bonds. The Morgan fingerprint density at radius 1 is 1.09 bits per heavy atom. The first-order valence-corrected chi connectivity index (χ1v) is 6.62. The zero-order valence-electron chi connectivity index (χ0n) is 11.5. The summed E-state index contributed by atoms with van der Waals surface area (Å²) in [5.74, 6) is -0.302. The molecule has 3 aromatic rings. The summed E-state index contributed by atoms with van der Waals surface area (Å²) in [5.41, 5.74) is 1.05. The maximum atomic E-state index is 11.9. The third-order valence-electron chi connectivity index (χ3n) is 3.05. The number of hydrogen-bond donors (Lipinski definition) is 1. The predicted molar refractivity (Wildman–Crippen MR) is 75.2 cm³/mol. The highest BCUT2D eigenvalue weighted by Gasteiger charge is 2.21. The van der Waals surface area contributed by atoms with Crippen LogP contribution in [0.15, 0.2) is 47.4 Å². The van der Waals surface area contributed by atoms with Crippen LogP contribution in [0.1, 0.15) is 27.7 Å². The van der Waals surface area contributed by atoms with Crippen molar-refractivity contribution in [3.63, 3.8) is 0 Å². The Hall–Kier alpha value is -3.09. The minimum Gasteiger partial charge on any atom is -0.465 e. The molecule has 7 nitrogen and oxygen atoms in total. The largest absolute Gasteiger partial charge is 0.465 e. The molecular weight excluding hydrogens is 284 g/mol. The van der Waals surface area contributed by atoms with E-state index < -0.39 is 11.6 Å². The minimum absolute atomic E-state index is 0.107. The van der Waals surface area contributed by atoms with Gasteiger partial charge < -0.3 is 4.42 Å². The number of aromatic amines is 1. The van der Waals surface area contributed by atoms with E-state index in [9.17, 15) is 9.59 Å². The van der Waals surface area contributed by atoms with Gasteiger partial charge in [0.05, 0.1) is 6.42 Å². The Morgan fingerprint density at radius 3 is 2.59 bits per heavy atom. The number of furan rings is 1. The molecule has 0 fully saturated rings. The maximum absolute atomic E-state index is 11.9. The standard InChI is InChI=1S/C15H12N4O3/c20-13(14(21)15-17-9-18-19-15)8-12-2-1-11(22-12)7-10-3-5-16-6-4-10/h1-6,9H,7-8H2,(H,17,18,19). The van der Waals surface area contributed by atoms with Crippen molar-refractivity contribution in [2.75, 3.05) is 0 Å². The van der Waals surface area contributed by atoms with Crippen LogP contribution in [0.3, 0.4) is 0 Å².